The van der Waals surface area contributed by atoms with Crippen molar-refractivity contribution in [1.82, 2.24) is 18.9 Å². The number of aliphatic imine (C=N–C) groups is 4. The van der Waals surface area contributed by atoms with Crippen LogP contribution in [-0.2, 0) is 0 Å². The molecule has 18 nitrogen and oxygen atoms in total. The summed E-state index contributed by atoms with van der Waals surface area (Å²) in [6.45, 7) is 5.66. The molecule has 0 spiro atoms. The molecule has 2 fully saturated rings. The maximum Gasteiger partial charge on any atom is 0.341 e. The van der Waals surface area contributed by atoms with Gasteiger partial charge in [0.2, 0.25) is 17.3 Å². The van der Waals surface area contributed by atoms with Gasteiger partial charge in [-0.15, -0.1) is 0 Å². The average Bonchev–Trinajstić information content (AvgIpc) is 3.36. The lowest BCUT2D eigenvalue weighted by Gasteiger charge is -2.36. The van der Waals surface area contributed by atoms with Crippen molar-refractivity contribution in [2.75, 3.05) is 75.2 Å². The van der Waals surface area contributed by atoms with Crippen LogP contribution >= 0.6 is 0 Å². The first-order chi connectivity index (χ1) is 34.6. The topological polar surface area (TPSA) is 248 Å². The van der Waals surface area contributed by atoms with Crippen LogP contribution in [0.3, 0.4) is 0 Å². The van der Waals surface area contributed by atoms with E-state index in [1.807, 2.05) is 9.80 Å². The predicted molar refractivity (Wildman–Crippen MR) is 273 cm³/mol. The van der Waals surface area contributed by atoms with Crippen LogP contribution in [0, 0.1) is 30.2 Å². The number of unbranched alkanes of at least 4 members (excludes halogenated alkanes) is 3. The average molecular weight is 991 g/mol. The van der Waals surface area contributed by atoms with Crippen LogP contribution in [0.5, 0.6) is 0 Å². The van der Waals surface area contributed by atoms with Gasteiger partial charge in [0.25, 0.3) is 0 Å². The molecule has 8 rings (SSSR count). The first kappa shape index (κ1) is 50.0. The maximum absolute atomic E-state index is 15.6. The second-order valence-corrected chi connectivity index (χ2v) is 17.4. The van der Waals surface area contributed by atoms with Crippen LogP contribution in [0.4, 0.5) is 28.9 Å². The van der Waals surface area contributed by atoms with Crippen molar-refractivity contribution in [3.63, 3.8) is 0 Å². The van der Waals surface area contributed by atoms with Gasteiger partial charge in [-0.25, -0.2) is 22.4 Å². The molecular formula is C50H54F4N14O4. The fourth-order valence-corrected chi connectivity index (χ4v) is 8.83. The molecule has 0 amide bonds. The van der Waals surface area contributed by atoms with E-state index in [0.29, 0.717) is 93.6 Å². The molecule has 0 unspecified atom stereocenters. The summed E-state index contributed by atoms with van der Waals surface area (Å²) in [5.41, 5.74) is 25.9. The van der Waals surface area contributed by atoms with E-state index in [1.54, 1.807) is 45.7 Å². The highest BCUT2D eigenvalue weighted by Crippen LogP contribution is 2.30. The Morgan fingerprint density at radius 1 is 0.569 bits per heavy atom. The van der Waals surface area contributed by atoms with E-state index in [1.165, 1.54) is 53.1 Å². The monoisotopic (exact) mass is 990 g/mol. The molecule has 2 saturated heterocycles. The molecule has 0 radical (unpaired) electrons. The normalized spacial score (nSPS) is 15.3. The molecule has 0 bridgehead atoms. The second kappa shape index (κ2) is 21.7. The number of aromatic nitrogens is 2. The molecule has 0 atom stereocenters. The first-order valence-corrected chi connectivity index (χ1v) is 23.3. The molecule has 2 aliphatic heterocycles. The molecule has 0 aliphatic carbocycles. The number of anilines is 2. The summed E-state index contributed by atoms with van der Waals surface area (Å²) in [4.78, 5) is 62.5. The number of piperazine rings is 2. The molecule has 0 saturated carbocycles. The van der Waals surface area contributed by atoms with E-state index in [-0.39, 0.29) is 51.2 Å². The van der Waals surface area contributed by atoms with Crippen molar-refractivity contribution in [3.8, 4) is 11.4 Å². The number of halogens is 4. The minimum atomic E-state index is -1.47. The molecule has 6 aromatic rings. The molecular weight excluding hydrogens is 937 g/mol. The van der Waals surface area contributed by atoms with Gasteiger partial charge in [-0.1, -0.05) is 12.8 Å². The summed E-state index contributed by atoms with van der Waals surface area (Å²) in [6.07, 6.45) is 6.01. The number of hydrogen-bond donors (Lipinski definition) is 5. The van der Waals surface area contributed by atoms with Crippen LogP contribution in [0.1, 0.15) is 41.6 Å². The van der Waals surface area contributed by atoms with Crippen molar-refractivity contribution in [3.05, 3.63) is 140 Å². The van der Waals surface area contributed by atoms with Crippen molar-refractivity contribution in [1.29, 1.82) is 0 Å². The molecule has 2 aromatic heterocycles. The van der Waals surface area contributed by atoms with E-state index >= 15 is 8.78 Å². The van der Waals surface area contributed by atoms with Gasteiger partial charge < -0.3 is 56.8 Å². The fraction of sp³-hybridized carbons (Fsp3) is 0.300. The molecule has 72 heavy (non-hydrogen) atoms. The number of pyridine rings is 2. The van der Waals surface area contributed by atoms with Crippen molar-refractivity contribution in [2.45, 2.75) is 32.6 Å². The highest BCUT2D eigenvalue weighted by atomic mass is 19.1. The van der Waals surface area contributed by atoms with Gasteiger partial charge in [0.05, 0.1) is 22.4 Å². The zero-order chi connectivity index (χ0) is 51.2. The Morgan fingerprint density at radius 2 is 0.972 bits per heavy atom. The van der Waals surface area contributed by atoms with Crippen molar-refractivity contribution in [2.24, 2.45) is 42.9 Å². The van der Waals surface area contributed by atoms with E-state index < -0.39 is 40.2 Å². The summed E-state index contributed by atoms with van der Waals surface area (Å²) < 4.78 is 61.8. The lowest BCUT2D eigenvalue weighted by Crippen LogP contribution is -2.51. The van der Waals surface area contributed by atoms with Gasteiger partial charge in [0, 0.05) is 106 Å². The number of fused-ring (bicyclic) bond motifs is 2. The molecule has 4 heterocycles. The summed E-state index contributed by atoms with van der Waals surface area (Å²) >= 11 is 0. The Balaban J connectivity index is 0.771. The molecule has 22 heteroatoms. The summed E-state index contributed by atoms with van der Waals surface area (Å²) in [6, 6.07) is 16.6. The fourth-order valence-electron chi connectivity index (χ4n) is 8.83. The number of carboxylic acids is 1. The maximum atomic E-state index is 15.6. The van der Waals surface area contributed by atoms with Gasteiger partial charge in [-0.2, -0.15) is 9.98 Å². The first-order valence-electron chi connectivity index (χ1n) is 23.3. The van der Waals surface area contributed by atoms with Crippen LogP contribution < -0.4 is 43.6 Å². The van der Waals surface area contributed by atoms with E-state index in [4.69, 9.17) is 22.9 Å². The third kappa shape index (κ3) is 11.1. The van der Waals surface area contributed by atoms with Gasteiger partial charge >= 0.3 is 5.97 Å². The molecule has 9 N–H and O–H groups in total. The summed E-state index contributed by atoms with van der Waals surface area (Å²) in [5.74, 6) is -3.15. The summed E-state index contributed by atoms with van der Waals surface area (Å²) in [7, 11) is 0. The number of nitrogens with two attached hydrogens (primary N) is 4. The van der Waals surface area contributed by atoms with Gasteiger partial charge in [0.1, 0.15) is 28.8 Å². The van der Waals surface area contributed by atoms with Gasteiger partial charge in [0.15, 0.2) is 17.3 Å². The van der Waals surface area contributed by atoms with E-state index in [0.717, 1.165) is 37.9 Å². The lowest BCUT2D eigenvalue weighted by atomic mass is 10.1. The standard InChI is InChI=1S/C50H54F4N14O4/c1-30-28-67(33-10-6-31(51)7-11-33)40-26-42(38(53)24-35(40)44(30)69)63-16-20-65(21-17-63)49(57)61-47(55)59-14-4-2-3-5-15-60-48(56)62-50(58)66-22-18-64(19-23-66)43-27-41-36(25-39(43)54)45(70)37(46(71)72)29-68(41)34-12-8-32(52)9-13-34/h6-13,24-29H,2-5,14-23H2,1H3,(H,71,72)(H4,55,57,59,61)(H4,56,58,60,62). The Morgan fingerprint density at radius 3 is 1.39 bits per heavy atom. The highest BCUT2D eigenvalue weighted by molar-refractivity contribution is 5.96. The smallest absolute Gasteiger partial charge is 0.341 e. The minimum Gasteiger partial charge on any atom is -0.477 e. The largest absolute Gasteiger partial charge is 0.477 e. The Kier molecular flexibility index (Phi) is 15.1. The number of hydrogen-bond acceptors (Lipinski definition) is 7. The van der Waals surface area contributed by atoms with Gasteiger partial charge in [-0.05, 0) is 92.6 Å². The zero-order valence-electron chi connectivity index (χ0n) is 39.4. The van der Waals surface area contributed by atoms with Crippen LogP contribution in [0.15, 0.2) is 115 Å². The number of carboxylic acid groups (broad SMARTS) is 1. The molecule has 376 valence electrons. The Labute approximate surface area is 410 Å². The number of benzene rings is 4. The van der Waals surface area contributed by atoms with Gasteiger partial charge in [-0.3, -0.25) is 19.6 Å². The SMILES string of the molecule is Cc1cn(-c2ccc(F)cc2)c2cc(N3CCN(C(N)=NC(N)=NCCCCCCN=C(N)N=C(N)N4CCN(c5cc6c(cc5F)c(=O)c(C(=O)O)cn6-c5ccc(F)cc5)CC4)CC3)c(F)cc2c1=O. The summed E-state index contributed by atoms with van der Waals surface area (Å²) in [5, 5.41) is 9.77. The van der Waals surface area contributed by atoms with Crippen LogP contribution in [0.25, 0.3) is 33.2 Å². The Bertz CT molecular complexity index is 3250. The third-order valence-electron chi connectivity index (χ3n) is 12.7. The van der Waals surface area contributed by atoms with E-state index in [9.17, 15) is 28.3 Å². The molecule has 4 aromatic carbocycles. The van der Waals surface area contributed by atoms with Crippen LogP contribution in [0.2, 0.25) is 0 Å². The number of rotatable bonds is 12. The third-order valence-corrected chi connectivity index (χ3v) is 12.7. The highest BCUT2D eigenvalue weighted by Gasteiger charge is 2.26. The lowest BCUT2D eigenvalue weighted by molar-refractivity contribution is 0.0695. The zero-order valence-corrected chi connectivity index (χ0v) is 39.4. The number of aromatic carboxylic acids is 1. The van der Waals surface area contributed by atoms with E-state index in [2.05, 4.69) is 20.0 Å². The number of guanidine groups is 4. The number of nitrogens with zero attached hydrogens (tertiary/aromatic N) is 10. The van der Waals surface area contributed by atoms with Crippen LogP contribution in [-0.4, -0.2) is 119 Å². The predicted octanol–water partition coefficient (Wildman–Crippen LogP) is 4.62. The second-order valence-electron chi connectivity index (χ2n) is 17.4. The van der Waals surface area contributed by atoms with Crippen molar-refractivity contribution < 1.29 is 27.5 Å². The Hall–Kier alpha value is -8.43. The van der Waals surface area contributed by atoms with Crippen molar-refractivity contribution >= 4 is 63.0 Å². The minimum absolute atomic E-state index is 0.0234. The number of aryl methyl sites for hydroxylation is 1. The molecule has 2 aliphatic rings. The quantitative estimate of drug-likeness (QED) is 0.0488. The number of carbonyl (C=O) groups is 1.